The van der Waals surface area contributed by atoms with Crippen molar-refractivity contribution in [1.82, 2.24) is 9.97 Å². The zero-order valence-electron chi connectivity index (χ0n) is 22.3. The standard InChI is InChI=1S/C28H14N2O13S3/c31-25-13-4-2-11(45(36,37)38)8-16(13)28(34)20-14(25)5-6-18-22(20)30-23-19(46(39,40)41)9-17-21(24(23)29-18)27(33)15-7-10(44-43-42-35)1-3-12(15)26(17)32/h1-9,29-30,35H,(H,36,37,38)(H,39,40,41). The molecule has 0 aliphatic carbocycles. The first kappa shape index (κ1) is 29.9. The van der Waals surface area contributed by atoms with Crippen LogP contribution in [-0.4, -0.2) is 41.2 Å². The molecule has 0 aliphatic heterocycles. The van der Waals surface area contributed by atoms with Gasteiger partial charge in [-0.25, -0.2) is 5.26 Å². The lowest BCUT2D eigenvalue weighted by molar-refractivity contribution is -0.432. The summed E-state index contributed by atoms with van der Waals surface area (Å²) >= 11 is 0.531. The van der Waals surface area contributed by atoms with E-state index in [1.807, 2.05) is 0 Å². The second kappa shape index (κ2) is 10.1. The molecule has 0 fully saturated rings. The molecule has 15 nitrogen and oxygen atoms in total. The Hall–Kier alpha value is -4.79. The minimum Gasteiger partial charge on any atom is -0.351 e. The van der Waals surface area contributed by atoms with E-state index in [9.17, 15) is 45.1 Å². The maximum atomic E-state index is 13.9. The van der Waals surface area contributed by atoms with Gasteiger partial charge in [0.15, 0.2) is 21.7 Å². The van der Waals surface area contributed by atoms with Crippen molar-refractivity contribution in [3.8, 4) is 0 Å². The van der Waals surface area contributed by atoms with Crippen molar-refractivity contribution in [3.63, 3.8) is 0 Å². The van der Waals surface area contributed by atoms with E-state index in [0.717, 1.165) is 24.3 Å². The van der Waals surface area contributed by atoms with Gasteiger partial charge in [-0.2, -0.15) is 16.8 Å². The van der Waals surface area contributed by atoms with Crippen LogP contribution in [0.1, 0.15) is 0 Å². The van der Waals surface area contributed by atoms with Crippen molar-refractivity contribution in [2.24, 2.45) is 0 Å². The summed E-state index contributed by atoms with van der Waals surface area (Å²) in [4.78, 5) is 59.0. The molecule has 232 valence electrons. The largest absolute Gasteiger partial charge is 0.351 e. The number of rotatable bonds is 5. The molecule has 0 aliphatic rings. The lowest BCUT2D eigenvalue weighted by Gasteiger charge is -2.13. The van der Waals surface area contributed by atoms with Crippen LogP contribution in [0.4, 0.5) is 0 Å². The van der Waals surface area contributed by atoms with Gasteiger partial charge in [0.05, 0.1) is 49.8 Å². The molecule has 6 aromatic carbocycles. The number of hydrogen-bond donors (Lipinski definition) is 5. The predicted octanol–water partition coefficient (Wildman–Crippen LogP) is 3.06. The molecular weight excluding hydrogens is 669 g/mol. The summed E-state index contributed by atoms with van der Waals surface area (Å²) in [6.45, 7) is 0. The summed E-state index contributed by atoms with van der Waals surface area (Å²) in [5.74, 6) is 0. The van der Waals surface area contributed by atoms with E-state index in [1.54, 1.807) is 0 Å². The Morgan fingerprint density at radius 1 is 0.587 bits per heavy atom. The van der Waals surface area contributed by atoms with Crippen LogP contribution in [0.15, 0.2) is 88.5 Å². The highest BCUT2D eigenvalue weighted by atomic mass is 32.2. The molecule has 0 bridgehead atoms. The molecule has 0 atom stereocenters. The number of aromatic amines is 2. The normalized spacial score (nSPS) is 12.8. The summed E-state index contributed by atoms with van der Waals surface area (Å²) in [5, 5.41) is 10.3. The highest BCUT2D eigenvalue weighted by Gasteiger charge is 2.24. The van der Waals surface area contributed by atoms with E-state index in [0.29, 0.717) is 12.0 Å². The second-order valence-electron chi connectivity index (χ2n) is 10.1. The van der Waals surface area contributed by atoms with Crippen molar-refractivity contribution >= 4 is 97.4 Å². The Bertz CT molecular complexity index is 2990. The number of fused-ring (bicyclic) bond motifs is 8. The molecular formula is C28H14N2O13S3. The van der Waals surface area contributed by atoms with Crippen LogP contribution in [0.2, 0.25) is 0 Å². The highest BCUT2D eigenvalue weighted by Crippen LogP contribution is 2.32. The van der Waals surface area contributed by atoms with Crippen LogP contribution in [0.5, 0.6) is 0 Å². The topological polar surface area (TPSA) is 247 Å². The Morgan fingerprint density at radius 3 is 1.85 bits per heavy atom. The third-order valence-electron chi connectivity index (χ3n) is 7.65. The Kier molecular flexibility index (Phi) is 6.57. The number of benzene rings is 6. The van der Waals surface area contributed by atoms with E-state index >= 15 is 0 Å². The van der Waals surface area contributed by atoms with E-state index in [1.165, 1.54) is 30.3 Å². The lowest BCUT2D eigenvalue weighted by Crippen LogP contribution is -2.16. The van der Waals surface area contributed by atoms with Crippen LogP contribution in [0.3, 0.4) is 0 Å². The van der Waals surface area contributed by atoms with Crippen LogP contribution < -0.4 is 21.7 Å². The summed E-state index contributed by atoms with van der Waals surface area (Å²) in [6, 6.07) is 10.3. The fourth-order valence-corrected chi connectivity index (χ4v) is 7.28. The van der Waals surface area contributed by atoms with Crippen molar-refractivity contribution < 1.29 is 40.6 Å². The monoisotopic (exact) mass is 682 g/mol. The third-order valence-corrected chi connectivity index (χ3v) is 9.95. The summed E-state index contributed by atoms with van der Waals surface area (Å²) in [6.07, 6.45) is 0. The minimum absolute atomic E-state index is 0.0559. The molecule has 5 N–H and O–H groups in total. The molecule has 7 rings (SSSR count). The average molecular weight is 683 g/mol. The van der Waals surface area contributed by atoms with Gasteiger partial charge in [0.2, 0.25) is 0 Å². The second-order valence-corrected chi connectivity index (χ2v) is 13.7. The molecule has 1 aromatic heterocycles. The number of nitrogens with one attached hydrogen (secondary N) is 2. The Labute approximate surface area is 257 Å². The van der Waals surface area contributed by atoms with Crippen molar-refractivity contribution in [2.75, 3.05) is 0 Å². The predicted molar refractivity (Wildman–Crippen MR) is 167 cm³/mol. The molecule has 0 spiro atoms. The molecule has 1 heterocycles. The van der Waals surface area contributed by atoms with Crippen LogP contribution in [0.25, 0.3) is 65.2 Å². The quantitative estimate of drug-likeness (QED) is 0.0437. The lowest BCUT2D eigenvalue weighted by atomic mass is 9.99. The van der Waals surface area contributed by atoms with Crippen LogP contribution in [0, 0.1) is 0 Å². The van der Waals surface area contributed by atoms with Gasteiger partial charge in [-0.15, -0.1) is 4.33 Å². The van der Waals surface area contributed by atoms with Gasteiger partial charge in [0, 0.05) is 37.2 Å². The third kappa shape index (κ3) is 4.39. The first-order valence-electron chi connectivity index (χ1n) is 12.7. The zero-order chi connectivity index (χ0) is 32.9. The fourth-order valence-electron chi connectivity index (χ4n) is 5.69. The summed E-state index contributed by atoms with van der Waals surface area (Å²) < 4.78 is 72.8. The number of aromatic nitrogens is 2. The number of hydrogen-bond acceptors (Lipinski definition) is 12. The Morgan fingerprint density at radius 2 is 1.20 bits per heavy atom. The number of H-pyrrole nitrogens is 2. The molecule has 0 amide bonds. The van der Waals surface area contributed by atoms with Gasteiger partial charge in [0.25, 0.3) is 20.2 Å². The molecule has 0 radical (unpaired) electrons. The summed E-state index contributed by atoms with van der Waals surface area (Å²) in [7, 11) is -9.85. The van der Waals surface area contributed by atoms with E-state index in [4.69, 9.17) is 5.26 Å². The van der Waals surface area contributed by atoms with Gasteiger partial charge in [-0.05, 0) is 54.6 Å². The fraction of sp³-hybridized carbons (Fsp3) is 0. The molecule has 0 saturated heterocycles. The van der Waals surface area contributed by atoms with Crippen molar-refractivity contribution in [3.05, 3.63) is 95.5 Å². The Balaban J connectivity index is 1.69. The smallest absolute Gasteiger partial charge is 0.296 e. The van der Waals surface area contributed by atoms with E-state index < -0.39 is 57.3 Å². The maximum absolute atomic E-state index is 13.9. The first-order chi connectivity index (χ1) is 21.7. The average Bonchev–Trinajstić information content (AvgIpc) is 3.01. The first-order valence-corrected chi connectivity index (χ1v) is 16.3. The minimum atomic E-state index is -5.10. The van der Waals surface area contributed by atoms with Crippen molar-refractivity contribution in [2.45, 2.75) is 14.7 Å². The maximum Gasteiger partial charge on any atom is 0.296 e. The van der Waals surface area contributed by atoms with Gasteiger partial charge in [-0.1, -0.05) is 5.04 Å². The molecule has 0 unspecified atom stereocenters. The van der Waals surface area contributed by atoms with Gasteiger partial charge in [0.1, 0.15) is 4.90 Å². The van der Waals surface area contributed by atoms with Gasteiger partial charge < -0.3 is 9.97 Å². The SMILES string of the molecule is O=c1c2ccc(S(=O)(=O)O)cc2c(=O)c2c1ccc1[nH]c3c([nH]c12)c(S(=O)(=O)O)cc1c(=O)c2ccc(SOOO)cc2c(=O)c13. The molecule has 7 aromatic rings. The molecule has 0 saturated carbocycles. The van der Waals surface area contributed by atoms with Crippen LogP contribution >= 0.6 is 12.0 Å². The highest BCUT2D eigenvalue weighted by molar-refractivity contribution is 7.94. The van der Waals surface area contributed by atoms with Gasteiger partial charge >= 0.3 is 0 Å². The van der Waals surface area contributed by atoms with E-state index in [2.05, 4.69) is 19.3 Å². The molecule has 18 heteroatoms. The zero-order valence-corrected chi connectivity index (χ0v) is 24.8. The molecule has 46 heavy (non-hydrogen) atoms. The van der Waals surface area contributed by atoms with E-state index in [-0.39, 0.29) is 64.5 Å². The van der Waals surface area contributed by atoms with Gasteiger partial charge in [-0.3, -0.25) is 28.3 Å². The summed E-state index contributed by atoms with van der Waals surface area (Å²) in [5.41, 5.74) is -3.77. The van der Waals surface area contributed by atoms with Crippen LogP contribution in [-0.2, 0) is 29.6 Å². The van der Waals surface area contributed by atoms with Crippen molar-refractivity contribution in [1.29, 1.82) is 0 Å².